The Bertz CT molecular complexity index is 1180. The number of carbonyl (C=O) groups excluding carboxylic acids is 1. The van der Waals surface area contributed by atoms with E-state index in [1.807, 2.05) is 24.3 Å². The fourth-order valence-electron chi connectivity index (χ4n) is 3.64. The van der Waals surface area contributed by atoms with Gasteiger partial charge < -0.3 is 14.7 Å². The van der Waals surface area contributed by atoms with E-state index in [0.29, 0.717) is 11.1 Å². The Morgan fingerprint density at radius 2 is 2.11 bits per heavy atom. The van der Waals surface area contributed by atoms with Gasteiger partial charge >= 0.3 is 0 Å². The van der Waals surface area contributed by atoms with Gasteiger partial charge in [-0.3, -0.25) is 4.79 Å². The summed E-state index contributed by atoms with van der Waals surface area (Å²) in [4.78, 5) is 20.4. The lowest BCUT2D eigenvalue weighted by Gasteiger charge is -2.11. The minimum Gasteiger partial charge on any atom is -0.456 e. The van der Waals surface area contributed by atoms with Gasteiger partial charge in [-0.1, -0.05) is 12.1 Å². The molecule has 0 bridgehead atoms. The molecule has 1 aliphatic carbocycles. The molecule has 1 fully saturated rings. The average Bonchev–Trinajstić information content (AvgIpc) is 3.15. The van der Waals surface area contributed by atoms with Gasteiger partial charge in [0.15, 0.2) is 11.4 Å². The third kappa shape index (κ3) is 2.83. The monoisotopic (exact) mass is 381 g/mol. The Morgan fingerprint density at radius 3 is 2.93 bits per heavy atom. The number of hydrogen-bond acceptors (Lipinski definition) is 3. The molecule has 5 nitrogen and oxygen atoms in total. The molecule has 0 unspecified atom stereocenters. The summed E-state index contributed by atoms with van der Waals surface area (Å²) in [6, 6.07) is 10.8. The van der Waals surface area contributed by atoms with Crippen molar-refractivity contribution in [2.45, 2.75) is 25.3 Å². The molecule has 0 saturated heterocycles. The number of fused-ring (bicyclic) bond motifs is 2. The van der Waals surface area contributed by atoms with Gasteiger partial charge in [0.05, 0.1) is 17.1 Å². The second-order valence-electron chi connectivity index (χ2n) is 7.27. The average molecular weight is 381 g/mol. The molecule has 1 aliphatic rings. The minimum atomic E-state index is -0.757. The lowest BCUT2D eigenvalue weighted by Crippen LogP contribution is -2.28. The first-order valence-corrected chi connectivity index (χ1v) is 9.13. The van der Waals surface area contributed by atoms with Crippen LogP contribution in [0, 0.1) is 17.6 Å². The number of aromatic amines is 1. The molecule has 0 spiro atoms. The molecule has 0 aliphatic heterocycles. The molecule has 2 aromatic carbocycles. The maximum absolute atomic E-state index is 13.8. The highest BCUT2D eigenvalue weighted by Crippen LogP contribution is 2.47. The van der Waals surface area contributed by atoms with Crippen LogP contribution in [0.15, 0.2) is 46.9 Å². The lowest BCUT2D eigenvalue weighted by molar-refractivity contribution is -0.123. The van der Waals surface area contributed by atoms with Crippen LogP contribution in [-0.4, -0.2) is 15.9 Å². The van der Waals surface area contributed by atoms with Crippen LogP contribution in [0.3, 0.4) is 0 Å². The summed E-state index contributed by atoms with van der Waals surface area (Å²) in [6.07, 6.45) is 0.721. The highest BCUT2D eigenvalue weighted by Gasteiger charge is 2.46. The minimum absolute atomic E-state index is 0.0101. The zero-order chi connectivity index (χ0) is 19.4. The van der Waals surface area contributed by atoms with Crippen LogP contribution in [0.2, 0.25) is 0 Å². The Kier molecular flexibility index (Phi) is 3.72. The van der Waals surface area contributed by atoms with Crippen molar-refractivity contribution in [3.05, 3.63) is 65.7 Å². The number of H-pyrrole nitrogens is 1. The van der Waals surface area contributed by atoms with E-state index in [-0.39, 0.29) is 23.3 Å². The van der Waals surface area contributed by atoms with E-state index in [4.69, 9.17) is 4.42 Å². The molecule has 0 radical (unpaired) electrons. The zero-order valence-electron chi connectivity index (χ0n) is 15.0. The van der Waals surface area contributed by atoms with Crippen molar-refractivity contribution in [2.75, 3.05) is 0 Å². The van der Waals surface area contributed by atoms with E-state index >= 15 is 0 Å². The van der Waals surface area contributed by atoms with Gasteiger partial charge in [0.25, 0.3) is 0 Å². The number of amides is 1. The predicted octanol–water partition coefficient (Wildman–Crippen LogP) is 4.57. The van der Waals surface area contributed by atoms with Crippen LogP contribution in [0.4, 0.5) is 8.78 Å². The summed E-state index contributed by atoms with van der Waals surface area (Å²) in [5, 5.41) is 3.23. The molecular weight excluding hydrogens is 364 g/mol. The number of para-hydroxylation sites is 2. The van der Waals surface area contributed by atoms with Crippen molar-refractivity contribution in [1.82, 2.24) is 15.3 Å². The molecule has 7 heteroatoms. The normalized spacial score (nSPS) is 19.8. The fraction of sp³-hybridized carbons (Fsp3) is 0.238. The van der Waals surface area contributed by atoms with Crippen molar-refractivity contribution in [3.63, 3.8) is 0 Å². The van der Waals surface area contributed by atoms with Crippen LogP contribution in [0.5, 0.6) is 0 Å². The molecular formula is C21H17F2N3O2. The highest BCUT2D eigenvalue weighted by molar-refractivity contribution is 5.84. The van der Waals surface area contributed by atoms with Crippen molar-refractivity contribution >= 4 is 27.9 Å². The van der Waals surface area contributed by atoms with E-state index in [1.54, 1.807) is 13.0 Å². The number of benzene rings is 2. The molecule has 2 heterocycles. The standard InChI is InChI=1S/C21H17F2N3O2/c1-10(18-7-11-6-12(22)8-15(23)19(11)28-18)24-21(27)14-9-13(14)20-25-16-4-2-3-5-17(16)26-20/h2-8,10,13-14H,9H2,1H3,(H,24,27)(H,25,26)/t10-,13+,14+/m1/s1. The quantitative estimate of drug-likeness (QED) is 0.544. The smallest absolute Gasteiger partial charge is 0.224 e. The van der Waals surface area contributed by atoms with Crippen molar-refractivity contribution in [2.24, 2.45) is 5.92 Å². The molecule has 4 aromatic rings. The number of nitrogens with one attached hydrogen (secondary N) is 2. The number of rotatable bonds is 4. The number of aromatic nitrogens is 2. The SMILES string of the molecule is C[C@@H](NC(=O)[C@H]1C[C@@H]1c1nc2ccccc2[nH]1)c1cc2cc(F)cc(F)c2o1. The highest BCUT2D eigenvalue weighted by atomic mass is 19.1. The second-order valence-corrected chi connectivity index (χ2v) is 7.27. The fourth-order valence-corrected chi connectivity index (χ4v) is 3.64. The summed E-state index contributed by atoms with van der Waals surface area (Å²) >= 11 is 0. The van der Waals surface area contributed by atoms with Crippen LogP contribution in [0.25, 0.3) is 22.0 Å². The van der Waals surface area contributed by atoms with Crippen molar-refractivity contribution in [3.8, 4) is 0 Å². The van der Waals surface area contributed by atoms with Crippen molar-refractivity contribution < 1.29 is 18.0 Å². The Hall–Kier alpha value is -3.22. The molecule has 3 atom stereocenters. The second kappa shape index (κ2) is 6.15. The van der Waals surface area contributed by atoms with Gasteiger partial charge in [-0.25, -0.2) is 13.8 Å². The van der Waals surface area contributed by atoms with Gasteiger partial charge in [-0.2, -0.15) is 0 Å². The lowest BCUT2D eigenvalue weighted by atomic mass is 10.2. The molecule has 1 saturated carbocycles. The largest absolute Gasteiger partial charge is 0.456 e. The molecule has 142 valence electrons. The summed E-state index contributed by atoms with van der Waals surface area (Å²) in [7, 11) is 0. The third-order valence-corrected chi connectivity index (χ3v) is 5.23. The topological polar surface area (TPSA) is 70.9 Å². The Labute approximate surface area is 158 Å². The Morgan fingerprint density at radius 1 is 1.29 bits per heavy atom. The maximum Gasteiger partial charge on any atom is 0.224 e. The number of halogens is 2. The van der Waals surface area contributed by atoms with E-state index in [2.05, 4.69) is 15.3 Å². The van der Waals surface area contributed by atoms with Gasteiger partial charge in [0, 0.05) is 23.3 Å². The zero-order valence-corrected chi connectivity index (χ0v) is 15.0. The van der Waals surface area contributed by atoms with Gasteiger partial charge in [0.2, 0.25) is 5.91 Å². The number of hydrogen-bond donors (Lipinski definition) is 2. The Balaban J connectivity index is 1.30. The van der Waals surface area contributed by atoms with E-state index in [0.717, 1.165) is 29.3 Å². The van der Waals surface area contributed by atoms with Gasteiger partial charge in [-0.15, -0.1) is 0 Å². The molecule has 28 heavy (non-hydrogen) atoms. The first-order valence-electron chi connectivity index (χ1n) is 9.13. The first-order chi connectivity index (χ1) is 13.5. The number of carbonyl (C=O) groups is 1. The summed E-state index contributed by atoms with van der Waals surface area (Å²) in [6.45, 7) is 1.75. The van der Waals surface area contributed by atoms with Gasteiger partial charge in [-0.05, 0) is 37.6 Å². The number of furan rings is 1. The maximum atomic E-state index is 13.8. The van der Waals surface area contributed by atoms with E-state index < -0.39 is 17.7 Å². The summed E-state index contributed by atoms with van der Waals surface area (Å²) < 4.78 is 32.7. The molecule has 2 aromatic heterocycles. The van der Waals surface area contributed by atoms with Gasteiger partial charge in [0.1, 0.15) is 17.4 Å². The molecule has 2 N–H and O–H groups in total. The van der Waals surface area contributed by atoms with E-state index in [1.165, 1.54) is 6.07 Å². The van der Waals surface area contributed by atoms with Crippen LogP contribution < -0.4 is 5.32 Å². The van der Waals surface area contributed by atoms with Crippen LogP contribution in [0.1, 0.15) is 36.9 Å². The summed E-state index contributed by atoms with van der Waals surface area (Å²) in [5.41, 5.74) is 1.82. The van der Waals surface area contributed by atoms with Crippen LogP contribution >= 0.6 is 0 Å². The molecule has 1 amide bonds. The third-order valence-electron chi connectivity index (χ3n) is 5.23. The summed E-state index contributed by atoms with van der Waals surface area (Å²) in [5.74, 6) is -0.440. The first kappa shape index (κ1) is 16.9. The number of nitrogens with zero attached hydrogens (tertiary/aromatic N) is 1. The molecule has 5 rings (SSSR count). The predicted molar refractivity (Wildman–Crippen MR) is 99.6 cm³/mol. The van der Waals surface area contributed by atoms with Crippen molar-refractivity contribution in [1.29, 1.82) is 0 Å². The van der Waals surface area contributed by atoms with E-state index in [9.17, 15) is 13.6 Å². The van der Waals surface area contributed by atoms with Crippen LogP contribution in [-0.2, 0) is 4.79 Å². The number of imidazole rings is 1.